The van der Waals surface area contributed by atoms with Crippen molar-refractivity contribution in [2.24, 2.45) is 5.92 Å². The molecule has 0 unspecified atom stereocenters. The van der Waals surface area contributed by atoms with Gasteiger partial charge in [0.25, 0.3) is 5.56 Å². The monoisotopic (exact) mass is 421 g/mol. The normalized spacial score (nSPS) is 19.0. The highest BCUT2D eigenvalue weighted by molar-refractivity contribution is 7.99. The van der Waals surface area contributed by atoms with E-state index in [0.29, 0.717) is 22.0 Å². The number of nitrogens with zero attached hydrogens (tertiary/aromatic N) is 2. The van der Waals surface area contributed by atoms with Gasteiger partial charge in [-0.25, -0.2) is 4.98 Å². The van der Waals surface area contributed by atoms with Crippen molar-refractivity contribution < 1.29 is 4.79 Å². The van der Waals surface area contributed by atoms with Crippen LogP contribution in [-0.2, 0) is 4.79 Å². The van der Waals surface area contributed by atoms with E-state index in [4.69, 9.17) is 4.98 Å². The van der Waals surface area contributed by atoms with E-state index in [0.717, 1.165) is 24.1 Å². The third kappa shape index (κ3) is 4.29. The lowest BCUT2D eigenvalue weighted by atomic mass is 9.86. The maximum atomic E-state index is 13.3. The first kappa shape index (κ1) is 20.7. The number of carbonyl (C=O) groups is 1. The average Bonchev–Trinajstić information content (AvgIpc) is 2.75. The van der Waals surface area contributed by atoms with Crippen molar-refractivity contribution in [3.8, 4) is 5.69 Å². The van der Waals surface area contributed by atoms with E-state index in [-0.39, 0.29) is 23.3 Å². The molecule has 1 aliphatic rings. The molecule has 1 heterocycles. The van der Waals surface area contributed by atoms with Crippen LogP contribution in [0.1, 0.15) is 38.2 Å². The minimum absolute atomic E-state index is 0.00232. The van der Waals surface area contributed by atoms with Crippen LogP contribution in [0.4, 0.5) is 0 Å². The maximum absolute atomic E-state index is 13.3. The fourth-order valence-corrected chi connectivity index (χ4v) is 4.96. The van der Waals surface area contributed by atoms with Crippen molar-refractivity contribution in [2.75, 3.05) is 5.75 Å². The number of hydrogen-bond acceptors (Lipinski definition) is 4. The first-order valence-corrected chi connectivity index (χ1v) is 11.5. The third-order valence-electron chi connectivity index (χ3n) is 5.89. The molecule has 0 saturated heterocycles. The van der Waals surface area contributed by atoms with Crippen LogP contribution in [-0.4, -0.2) is 27.3 Å². The maximum Gasteiger partial charge on any atom is 0.266 e. The van der Waals surface area contributed by atoms with Crippen LogP contribution in [0.2, 0.25) is 0 Å². The Labute approximate surface area is 180 Å². The summed E-state index contributed by atoms with van der Waals surface area (Å²) in [7, 11) is 0. The van der Waals surface area contributed by atoms with Gasteiger partial charge in [0.15, 0.2) is 5.16 Å². The van der Waals surface area contributed by atoms with Gasteiger partial charge in [-0.2, -0.15) is 0 Å². The Morgan fingerprint density at radius 1 is 1.13 bits per heavy atom. The number of benzene rings is 2. The average molecular weight is 422 g/mol. The summed E-state index contributed by atoms with van der Waals surface area (Å²) in [6.45, 7) is 4.18. The highest BCUT2D eigenvalue weighted by atomic mass is 32.2. The predicted octanol–water partition coefficient (Wildman–Crippen LogP) is 4.48. The number of aromatic nitrogens is 2. The molecule has 6 heteroatoms. The van der Waals surface area contributed by atoms with E-state index in [9.17, 15) is 9.59 Å². The molecule has 5 nitrogen and oxygen atoms in total. The first-order valence-electron chi connectivity index (χ1n) is 10.5. The lowest BCUT2D eigenvalue weighted by molar-refractivity contribution is -0.119. The molecule has 1 fully saturated rings. The predicted molar refractivity (Wildman–Crippen MR) is 122 cm³/mol. The molecule has 0 aliphatic heterocycles. The van der Waals surface area contributed by atoms with Crippen LogP contribution < -0.4 is 10.9 Å². The second-order valence-corrected chi connectivity index (χ2v) is 9.01. The summed E-state index contributed by atoms with van der Waals surface area (Å²) in [5.74, 6) is 0.744. The second-order valence-electron chi connectivity index (χ2n) is 8.06. The molecule has 0 radical (unpaired) electrons. The fourth-order valence-electron chi connectivity index (χ4n) is 4.15. The van der Waals surface area contributed by atoms with Crippen molar-refractivity contribution in [1.82, 2.24) is 14.9 Å². The summed E-state index contributed by atoms with van der Waals surface area (Å²) in [5.41, 5.74) is 2.32. The highest BCUT2D eigenvalue weighted by Gasteiger charge is 2.23. The summed E-state index contributed by atoms with van der Waals surface area (Å²) in [6.07, 6.45) is 4.62. The molecule has 2 aromatic carbocycles. The Morgan fingerprint density at radius 3 is 2.67 bits per heavy atom. The highest BCUT2D eigenvalue weighted by Crippen LogP contribution is 2.25. The van der Waals surface area contributed by atoms with E-state index in [1.807, 2.05) is 49.4 Å². The Bertz CT molecular complexity index is 1120. The van der Waals surface area contributed by atoms with Crippen molar-refractivity contribution in [2.45, 2.75) is 50.7 Å². The van der Waals surface area contributed by atoms with Crippen LogP contribution in [0.15, 0.2) is 58.5 Å². The zero-order chi connectivity index (χ0) is 21.1. The molecule has 1 saturated carbocycles. The largest absolute Gasteiger partial charge is 0.352 e. The van der Waals surface area contributed by atoms with Crippen molar-refractivity contribution in [1.29, 1.82) is 0 Å². The number of carbonyl (C=O) groups excluding carboxylic acids is 1. The minimum atomic E-state index is -0.112. The molecule has 1 aliphatic carbocycles. The zero-order valence-electron chi connectivity index (χ0n) is 17.4. The lowest BCUT2D eigenvalue weighted by Gasteiger charge is -2.29. The summed E-state index contributed by atoms with van der Waals surface area (Å²) < 4.78 is 1.64. The molecule has 1 aromatic heterocycles. The van der Waals surface area contributed by atoms with E-state index < -0.39 is 0 Å². The molecule has 1 N–H and O–H groups in total. The SMILES string of the molecule is Cc1ccccc1-n1c(SCC(=O)N[C@H]2CCCC[C@H]2C)nc2ccccc2c1=O. The van der Waals surface area contributed by atoms with Gasteiger partial charge in [0.2, 0.25) is 5.91 Å². The summed E-state index contributed by atoms with van der Waals surface area (Å²) in [6, 6.07) is 15.4. The van der Waals surface area contributed by atoms with Gasteiger partial charge < -0.3 is 5.32 Å². The second kappa shape index (κ2) is 9.04. The van der Waals surface area contributed by atoms with Crippen LogP contribution in [0.25, 0.3) is 16.6 Å². The van der Waals surface area contributed by atoms with Crippen LogP contribution in [0.3, 0.4) is 0 Å². The molecule has 2 atom stereocenters. The molecular formula is C24H27N3O2S. The van der Waals surface area contributed by atoms with E-state index in [2.05, 4.69) is 12.2 Å². The molecule has 0 spiro atoms. The van der Waals surface area contributed by atoms with Crippen molar-refractivity contribution in [3.63, 3.8) is 0 Å². The Balaban J connectivity index is 1.64. The van der Waals surface area contributed by atoms with Gasteiger partial charge in [-0.15, -0.1) is 0 Å². The number of para-hydroxylation sites is 2. The third-order valence-corrected chi connectivity index (χ3v) is 6.83. The Kier molecular flexibility index (Phi) is 6.23. The standard InChI is InChI=1S/C24H27N3O2S/c1-16-9-3-6-12-19(16)25-22(28)15-30-24-26-20-13-7-5-11-18(20)23(29)27(24)21-14-8-4-10-17(21)2/h4-5,7-8,10-11,13-14,16,19H,3,6,9,12,15H2,1-2H3,(H,25,28)/t16-,19+/m1/s1. The molecule has 0 bridgehead atoms. The van der Waals surface area contributed by atoms with Crippen molar-refractivity contribution in [3.05, 3.63) is 64.4 Å². The minimum Gasteiger partial charge on any atom is -0.352 e. The van der Waals surface area contributed by atoms with E-state index in [1.54, 1.807) is 10.6 Å². The number of fused-ring (bicyclic) bond motifs is 1. The number of nitrogens with one attached hydrogen (secondary N) is 1. The lowest BCUT2D eigenvalue weighted by Crippen LogP contribution is -2.41. The van der Waals surface area contributed by atoms with Gasteiger partial charge in [0.1, 0.15) is 0 Å². The van der Waals surface area contributed by atoms with Gasteiger partial charge in [-0.1, -0.05) is 61.9 Å². The number of aryl methyl sites for hydroxylation is 1. The van der Waals surface area contributed by atoms with Crippen LogP contribution in [0, 0.1) is 12.8 Å². The van der Waals surface area contributed by atoms with Gasteiger partial charge in [-0.3, -0.25) is 14.2 Å². The fraction of sp³-hybridized carbons (Fsp3) is 0.375. The molecule has 30 heavy (non-hydrogen) atoms. The first-order chi connectivity index (χ1) is 14.5. The molecule has 3 aromatic rings. The molecule has 156 valence electrons. The Morgan fingerprint density at radius 2 is 1.87 bits per heavy atom. The number of hydrogen-bond donors (Lipinski definition) is 1. The number of amides is 1. The Hall–Kier alpha value is -2.60. The molecular weight excluding hydrogens is 394 g/mol. The van der Waals surface area contributed by atoms with Gasteiger partial charge >= 0.3 is 0 Å². The van der Waals surface area contributed by atoms with E-state index >= 15 is 0 Å². The van der Waals surface area contributed by atoms with Gasteiger partial charge in [-0.05, 0) is 49.4 Å². The smallest absolute Gasteiger partial charge is 0.266 e. The van der Waals surface area contributed by atoms with E-state index in [1.165, 1.54) is 24.6 Å². The molecule has 4 rings (SSSR count). The number of rotatable bonds is 5. The summed E-state index contributed by atoms with van der Waals surface area (Å²) in [5, 5.41) is 4.30. The summed E-state index contributed by atoms with van der Waals surface area (Å²) in [4.78, 5) is 30.7. The van der Waals surface area contributed by atoms with Crippen LogP contribution in [0.5, 0.6) is 0 Å². The van der Waals surface area contributed by atoms with Gasteiger partial charge in [0.05, 0.1) is 22.3 Å². The summed E-state index contributed by atoms with van der Waals surface area (Å²) >= 11 is 1.32. The van der Waals surface area contributed by atoms with Crippen LogP contribution >= 0.6 is 11.8 Å². The topological polar surface area (TPSA) is 64.0 Å². The zero-order valence-corrected chi connectivity index (χ0v) is 18.2. The van der Waals surface area contributed by atoms with Crippen molar-refractivity contribution >= 4 is 28.6 Å². The van der Waals surface area contributed by atoms with Gasteiger partial charge in [0, 0.05) is 6.04 Å². The number of thioether (sulfide) groups is 1. The molecule has 1 amide bonds. The quantitative estimate of drug-likeness (QED) is 0.487.